The summed E-state index contributed by atoms with van der Waals surface area (Å²) < 4.78 is 5.00. The number of halogens is 3. The molecule has 9 heteroatoms. The number of aromatic nitrogens is 2. The second-order valence-electron chi connectivity index (χ2n) is 5.62. The number of aromatic amines is 1. The van der Waals surface area contributed by atoms with E-state index < -0.39 is 5.76 Å². The predicted molar refractivity (Wildman–Crippen MR) is 99.4 cm³/mol. The van der Waals surface area contributed by atoms with E-state index in [2.05, 4.69) is 27.5 Å². The van der Waals surface area contributed by atoms with Crippen LogP contribution in [0.1, 0.15) is 18.4 Å². The number of hydrogen-bond donors (Lipinski definition) is 2. The van der Waals surface area contributed by atoms with Gasteiger partial charge >= 0.3 is 5.76 Å². The molecule has 1 aromatic heterocycles. The summed E-state index contributed by atoms with van der Waals surface area (Å²) in [4.78, 5) is 13.4. The molecule has 6 nitrogen and oxygen atoms in total. The third kappa shape index (κ3) is 4.97. The summed E-state index contributed by atoms with van der Waals surface area (Å²) in [7, 11) is 2.12. The second-order valence-corrected chi connectivity index (χ2v) is 6.03. The average molecular weight is 396 g/mol. The van der Waals surface area contributed by atoms with Crippen LogP contribution in [0, 0.1) is 0 Å². The van der Waals surface area contributed by atoms with Gasteiger partial charge in [-0.05, 0) is 56.7 Å². The fraction of sp³-hybridized carbons (Fsp3) is 0.467. The number of piperidine rings is 1. The van der Waals surface area contributed by atoms with Crippen LogP contribution in [-0.4, -0.2) is 41.3 Å². The monoisotopic (exact) mass is 394 g/mol. The minimum atomic E-state index is -0.557. The third-order valence-corrected chi connectivity index (χ3v) is 4.45. The Morgan fingerprint density at radius 2 is 2.04 bits per heavy atom. The van der Waals surface area contributed by atoms with Gasteiger partial charge in [0.05, 0.1) is 0 Å². The van der Waals surface area contributed by atoms with E-state index >= 15 is 0 Å². The molecule has 0 aliphatic carbocycles. The maximum Gasteiger partial charge on any atom is 0.434 e. The molecule has 2 N–H and O–H groups in total. The number of nitrogens with zero attached hydrogens (tertiary/aromatic N) is 2. The van der Waals surface area contributed by atoms with Crippen LogP contribution in [0.4, 0.5) is 0 Å². The Morgan fingerprint density at radius 3 is 2.67 bits per heavy atom. The van der Waals surface area contributed by atoms with Crippen molar-refractivity contribution in [2.45, 2.75) is 25.4 Å². The van der Waals surface area contributed by atoms with Gasteiger partial charge in [0.25, 0.3) is 0 Å². The van der Waals surface area contributed by atoms with Crippen LogP contribution in [0.2, 0.25) is 5.02 Å². The Hall–Kier alpha value is -1.05. The van der Waals surface area contributed by atoms with Crippen molar-refractivity contribution in [1.82, 2.24) is 20.4 Å². The molecule has 1 aliphatic rings. The van der Waals surface area contributed by atoms with Crippen molar-refractivity contribution in [2.75, 3.05) is 20.1 Å². The number of rotatable bonds is 4. The van der Waals surface area contributed by atoms with Crippen molar-refractivity contribution in [3.63, 3.8) is 0 Å². The normalized spacial score (nSPS) is 15.0. The lowest BCUT2D eigenvalue weighted by Gasteiger charge is -2.31. The van der Waals surface area contributed by atoms with Crippen LogP contribution in [0.15, 0.2) is 27.4 Å². The zero-order valence-electron chi connectivity index (χ0n) is 13.3. The first-order chi connectivity index (χ1) is 10.6. The molecule has 24 heavy (non-hydrogen) atoms. The summed E-state index contributed by atoms with van der Waals surface area (Å²) in [5, 5.41) is 10.2. The smallest absolute Gasteiger partial charge is 0.388 e. The Labute approximate surface area is 157 Å². The van der Waals surface area contributed by atoms with E-state index in [9.17, 15) is 4.79 Å². The van der Waals surface area contributed by atoms with Crippen molar-refractivity contribution < 1.29 is 4.42 Å². The summed E-state index contributed by atoms with van der Waals surface area (Å²) in [6, 6.07) is 6.11. The van der Waals surface area contributed by atoms with E-state index in [1.165, 1.54) is 0 Å². The van der Waals surface area contributed by atoms with Crippen LogP contribution >= 0.6 is 36.4 Å². The van der Waals surface area contributed by atoms with Crippen LogP contribution in [0.5, 0.6) is 0 Å². The first-order valence-electron chi connectivity index (χ1n) is 7.39. The molecule has 1 saturated heterocycles. The highest BCUT2D eigenvalue weighted by atomic mass is 35.5. The quantitative estimate of drug-likeness (QED) is 0.832. The summed E-state index contributed by atoms with van der Waals surface area (Å²) in [5.74, 6) is -0.272. The molecule has 2 aromatic rings. The van der Waals surface area contributed by atoms with Crippen molar-refractivity contribution >= 4 is 36.4 Å². The highest BCUT2D eigenvalue weighted by Crippen LogP contribution is 2.25. The number of nitrogens with one attached hydrogen (secondary N) is 2. The van der Waals surface area contributed by atoms with Gasteiger partial charge in [0, 0.05) is 23.2 Å². The van der Waals surface area contributed by atoms with E-state index in [4.69, 9.17) is 16.0 Å². The van der Waals surface area contributed by atoms with E-state index in [-0.39, 0.29) is 30.7 Å². The molecule has 0 unspecified atom stereocenters. The molecule has 0 saturated carbocycles. The first-order valence-corrected chi connectivity index (χ1v) is 7.76. The predicted octanol–water partition coefficient (Wildman–Crippen LogP) is 2.71. The van der Waals surface area contributed by atoms with Crippen molar-refractivity contribution in [2.24, 2.45) is 0 Å². The van der Waals surface area contributed by atoms with Crippen molar-refractivity contribution in [1.29, 1.82) is 0 Å². The Kier molecular flexibility index (Phi) is 8.26. The molecule has 1 aliphatic heterocycles. The zero-order chi connectivity index (χ0) is 15.5. The Bertz CT molecular complexity index is 698. The highest BCUT2D eigenvalue weighted by Gasteiger charge is 2.19. The summed E-state index contributed by atoms with van der Waals surface area (Å²) in [6.07, 6.45) is 2.28. The topological polar surface area (TPSA) is 74.2 Å². The summed E-state index contributed by atoms with van der Waals surface area (Å²) in [6.45, 7) is 2.87. The van der Waals surface area contributed by atoms with Gasteiger partial charge < -0.3 is 9.73 Å². The molecule has 0 amide bonds. The molecule has 1 fully saturated rings. The second kappa shape index (κ2) is 9.44. The van der Waals surface area contributed by atoms with Crippen LogP contribution in [-0.2, 0) is 6.54 Å². The van der Waals surface area contributed by atoms with E-state index in [0.29, 0.717) is 11.1 Å². The minimum Gasteiger partial charge on any atom is -0.388 e. The van der Waals surface area contributed by atoms with Gasteiger partial charge in [0.15, 0.2) is 0 Å². The number of benzene rings is 1. The third-order valence-electron chi connectivity index (χ3n) is 4.08. The van der Waals surface area contributed by atoms with Gasteiger partial charge in [-0.1, -0.05) is 11.6 Å². The van der Waals surface area contributed by atoms with E-state index in [0.717, 1.165) is 43.6 Å². The first kappa shape index (κ1) is 21.0. The lowest BCUT2D eigenvalue weighted by Crippen LogP contribution is -2.40. The number of H-pyrrole nitrogens is 1. The summed E-state index contributed by atoms with van der Waals surface area (Å²) in [5.41, 5.74) is 1.75. The highest BCUT2D eigenvalue weighted by molar-refractivity contribution is 6.31. The van der Waals surface area contributed by atoms with E-state index in [1.807, 2.05) is 12.1 Å². The molecule has 0 atom stereocenters. The maximum atomic E-state index is 11.1. The van der Waals surface area contributed by atoms with Gasteiger partial charge in [-0.3, -0.25) is 4.90 Å². The average Bonchev–Trinajstić information content (AvgIpc) is 2.97. The van der Waals surface area contributed by atoms with Crippen LogP contribution < -0.4 is 11.1 Å². The molecule has 0 spiro atoms. The molecule has 134 valence electrons. The zero-order valence-corrected chi connectivity index (χ0v) is 15.6. The van der Waals surface area contributed by atoms with Crippen LogP contribution in [0.25, 0.3) is 11.5 Å². The Morgan fingerprint density at radius 1 is 1.33 bits per heavy atom. The SMILES string of the molecule is CN(Cc1cc(-c2n[nH]c(=O)o2)ccc1Cl)C1CCNCC1.Cl.Cl. The molecule has 3 rings (SSSR count). The molecule has 2 heterocycles. The molecule has 1 aromatic carbocycles. The molecule has 0 bridgehead atoms. The van der Waals surface area contributed by atoms with Crippen molar-refractivity contribution in [3.8, 4) is 11.5 Å². The van der Waals surface area contributed by atoms with Gasteiger partial charge in [-0.2, -0.15) is 0 Å². The van der Waals surface area contributed by atoms with Gasteiger partial charge in [-0.25, -0.2) is 9.89 Å². The fourth-order valence-electron chi connectivity index (χ4n) is 2.83. The maximum absolute atomic E-state index is 11.1. The Balaban J connectivity index is 0.00000144. The fourth-order valence-corrected chi connectivity index (χ4v) is 3.00. The minimum absolute atomic E-state index is 0. The molecular weight excluding hydrogens is 375 g/mol. The lowest BCUT2D eigenvalue weighted by atomic mass is 10.0. The lowest BCUT2D eigenvalue weighted by molar-refractivity contribution is 0.192. The molecule has 0 radical (unpaired) electrons. The molecular formula is C15H21Cl3N4O2. The van der Waals surface area contributed by atoms with Crippen LogP contribution in [0.3, 0.4) is 0 Å². The number of hydrogen-bond acceptors (Lipinski definition) is 5. The van der Waals surface area contributed by atoms with Crippen molar-refractivity contribution in [3.05, 3.63) is 39.3 Å². The van der Waals surface area contributed by atoms with E-state index in [1.54, 1.807) is 6.07 Å². The largest absolute Gasteiger partial charge is 0.434 e. The van der Waals surface area contributed by atoms with Gasteiger partial charge in [-0.15, -0.1) is 29.9 Å². The van der Waals surface area contributed by atoms with Gasteiger partial charge in [0.1, 0.15) is 0 Å². The standard InChI is InChI=1S/C15H19ClN4O2.2ClH/c1-20(12-4-6-17-7-5-12)9-11-8-10(2-3-13(11)16)14-18-19-15(21)22-14;;/h2-3,8,12,17H,4-7,9H2,1H3,(H,19,21);2*1H. The summed E-state index contributed by atoms with van der Waals surface area (Å²) >= 11 is 6.31. The van der Waals surface area contributed by atoms with Gasteiger partial charge in [0.2, 0.25) is 5.89 Å².